The molecule has 0 aromatic rings. The quantitative estimate of drug-likeness (QED) is 0.528. The summed E-state index contributed by atoms with van der Waals surface area (Å²) in [7, 11) is 3.42. The highest BCUT2D eigenvalue weighted by Crippen LogP contribution is 2.36. The van der Waals surface area contributed by atoms with Crippen LogP contribution in [0.1, 0.15) is 25.7 Å². The van der Waals surface area contributed by atoms with Crippen LogP contribution in [0.15, 0.2) is 0 Å². The molecular formula is C8H15BrO2. The fraction of sp³-hybridized carbons (Fsp3) is 1.00. The van der Waals surface area contributed by atoms with Crippen molar-refractivity contribution in [2.24, 2.45) is 0 Å². The van der Waals surface area contributed by atoms with Crippen LogP contribution in [0, 0.1) is 0 Å². The monoisotopic (exact) mass is 222 g/mol. The SMILES string of the molecule is COC1(OC)CCCCC1Br. The number of halogens is 1. The lowest BCUT2D eigenvalue weighted by Gasteiger charge is -2.38. The smallest absolute Gasteiger partial charge is 0.180 e. The highest BCUT2D eigenvalue weighted by Gasteiger charge is 2.39. The molecule has 1 unspecified atom stereocenters. The van der Waals surface area contributed by atoms with Gasteiger partial charge in [-0.2, -0.15) is 0 Å². The van der Waals surface area contributed by atoms with Crippen LogP contribution in [0.4, 0.5) is 0 Å². The molecule has 0 aromatic carbocycles. The lowest BCUT2D eigenvalue weighted by atomic mass is 9.94. The standard InChI is InChI=1S/C8H15BrO2/c1-10-8(11-2)6-4-3-5-7(8)9/h7H,3-6H2,1-2H3. The second-order valence-electron chi connectivity index (χ2n) is 2.93. The van der Waals surface area contributed by atoms with Gasteiger partial charge in [-0.3, -0.25) is 0 Å². The van der Waals surface area contributed by atoms with E-state index in [-0.39, 0.29) is 5.79 Å². The van der Waals surface area contributed by atoms with Gasteiger partial charge in [-0.1, -0.05) is 22.4 Å². The molecule has 0 spiro atoms. The van der Waals surface area contributed by atoms with Gasteiger partial charge in [0.25, 0.3) is 0 Å². The van der Waals surface area contributed by atoms with E-state index in [0.29, 0.717) is 4.83 Å². The molecule has 0 aliphatic heterocycles. The molecule has 1 aliphatic rings. The molecule has 0 saturated heterocycles. The minimum atomic E-state index is -0.363. The van der Waals surface area contributed by atoms with Gasteiger partial charge in [0, 0.05) is 20.6 Å². The number of alkyl halides is 1. The Hall–Kier alpha value is 0.400. The van der Waals surface area contributed by atoms with Gasteiger partial charge >= 0.3 is 0 Å². The van der Waals surface area contributed by atoms with Gasteiger partial charge in [-0.15, -0.1) is 0 Å². The van der Waals surface area contributed by atoms with E-state index in [2.05, 4.69) is 15.9 Å². The van der Waals surface area contributed by atoms with Crippen molar-refractivity contribution in [1.82, 2.24) is 0 Å². The number of rotatable bonds is 2. The average molecular weight is 223 g/mol. The van der Waals surface area contributed by atoms with E-state index in [9.17, 15) is 0 Å². The maximum atomic E-state index is 5.37. The Kier molecular flexibility index (Phi) is 3.34. The number of ether oxygens (including phenoxy) is 2. The zero-order chi connectivity index (χ0) is 8.32. The summed E-state index contributed by atoms with van der Waals surface area (Å²) in [4.78, 5) is 0.346. The fourth-order valence-electron chi connectivity index (χ4n) is 1.61. The van der Waals surface area contributed by atoms with Gasteiger partial charge < -0.3 is 9.47 Å². The molecule has 1 atom stereocenters. The highest BCUT2D eigenvalue weighted by molar-refractivity contribution is 9.09. The Morgan fingerprint density at radius 2 is 1.91 bits per heavy atom. The van der Waals surface area contributed by atoms with Crippen molar-refractivity contribution < 1.29 is 9.47 Å². The molecule has 0 bridgehead atoms. The third-order valence-corrected chi connectivity index (χ3v) is 3.56. The second-order valence-corrected chi connectivity index (χ2v) is 4.04. The predicted octanol–water partition coefficient (Wildman–Crippen LogP) is 2.31. The van der Waals surface area contributed by atoms with Gasteiger partial charge in [0.15, 0.2) is 5.79 Å². The lowest BCUT2D eigenvalue weighted by molar-refractivity contribution is -0.217. The van der Waals surface area contributed by atoms with Crippen molar-refractivity contribution in [1.29, 1.82) is 0 Å². The Bertz CT molecular complexity index is 123. The summed E-state index contributed by atoms with van der Waals surface area (Å²) in [6.45, 7) is 0. The number of methoxy groups -OCH3 is 2. The van der Waals surface area contributed by atoms with Crippen LogP contribution < -0.4 is 0 Å². The normalized spacial score (nSPS) is 30.3. The summed E-state index contributed by atoms with van der Waals surface area (Å²) in [5.74, 6) is -0.363. The van der Waals surface area contributed by atoms with Gasteiger partial charge in [0.05, 0.1) is 4.83 Å². The van der Waals surface area contributed by atoms with Crippen LogP contribution in [-0.2, 0) is 9.47 Å². The van der Waals surface area contributed by atoms with Crippen LogP contribution in [0.3, 0.4) is 0 Å². The molecule has 0 heterocycles. The van der Waals surface area contributed by atoms with Crippen LogP contribution in [0.5, 0.6) is 0 Å². The van der Waals surface area contributed by atoms with E-state index in [1.807, 2.05) is 0 Å². The molecule has 3 heteroatoms. The Morgan fingerprint density at radius 3 is 2.27 bits per heavy atom. The minimum absolute atomic E-state index is 0.346. The molecule has 0 N–H and O–H groups in total. The van der Waals surface area contributed by atoms with Gasteiger partial charge in [0.2, 0.25) is 0 Å². The van der Waals surface area contributed by atoms with Crippen LogP contribution in [0.2, 0.25) is 0 Å². The van der Waals surface area contributed by atoms with Crippen molar-refractivity contribution in [3.05, 3.63) is 0 Å². The third kappa shape index (κ3) is 1.76. The Morgan fingerprint density at radius 1 is 1.27 bits per heavy atom. The van der Waals surface area contributed by atoms with Crippen molar-refractivity contribution in [3.63, 3.8) is 0 Å². The highest BCUT2D eigenvalue weighted by atomic mass is 79.9. The summed E-state index contributed by atoms with van der Waals surface area (Å²) in [5.41, 5.74) is 0. The summed E-state index contributed by atoms with van der Waals surface area (Å²) < 4.78 is 10.7. The van der Waals surface area contributed by atoms with E-state index in [1.54, 1.807) is 14.2 Å². The number of hydrogen-bond acceptors (Lipinski definition) is 2. The topological polar surface area (TPSA) is 18.5 Å². The molecule has 2 nitrogen and oxygen atoms in total. The Labute approximate surface area is 76.4 Å². The first-order chi connectivity index (χ1) is 5.25. The van der Waals surface area contributed by atoms with Crippen molar-refractivity contribution in [3.8, 4) is 0 Å². The molecule has 1 saturated carbocycles. The number of hydrogen-bond donors (Lipinski definition) is 0. The second kappa shape index (κ2) is 3.87. The molecule has 0 radical (unpaired) electrons. The first kappa shape index (κ1) is 9.49. The summed E-state index contributed by atoms with van der Waals surface area (Å²) >= 11 is 3.58. The zero-order valence-electron chi connectivity index (χ0n) is 7.10. The first-order valence-electron chi connectivity index (χ1n) is 3.99. The molecule has 1 fully saturated rings. The minimum Gasteiger partial charge on any atom is -0.352 e. The van der Waals surface area contributed by atoms with Gasteiger partial charge in [0.1, 0.15) is 0 Å². The average Bonchev–Trinajstić information content (AvgIpc) is 2.06. The lowest BCUT2D eigenvalue weighted by Crippen LogP contribution is -2.45. The fourth-order valence-corrected chi connectivity index (χ4v) is 2.54. The predicted molar refractivity (Wildman–Crippen MR) is 47.9 cm³/mol. The molecule has 0 amide bonds. The van der Waals surface area contributed by atoms with Crippen LogP contribution in [0.25, 0.3) is 0 Å². The van der Waals surface area contributed by atoms with E-state index in [4.69, 9.17) is 9.47 Å². The molecule has 66 valence electrons. The van der Waals surface area contributed by atoms with Gasteiger partial charge in [-0.05, 0) is 12.8 Å². The van der Waals surface area contributed by atoms with Crippen LogP contribution in [-0.4, -0.2) is 24.8 Å². The molecule has 1 aliphatic carbocycles. The molecule has 1 rings (SSSR count). The van der Waals surface area contributed by atoms with E-state index >= 15 is 0 Å². The molecule has 11 heavy (non-hydrogen) atoms. The molecule has 0 aromatic heterocycles. The van der Waals surface area contributed by atoms with Crippen molar-refractivity contribution in [2.45, 2.75) is 36.3 Å². The maximum Gasteiger partial charge on any atom is 0.180 e. The van der Waals surface area contributed by atoms with E-state index in [0.717, 1.165) is 12.8 Å². The summed E-state index contributed by atoms with van der Waals surface area (Å²) in [6, 6.07) is 0. The van der Waals surface area contributed by atoms with Crippen molar-refractivity contribution in [2.75, 3.05) is 14.2 Å². The Balaban J connectivity index is 2.61. The van der Waals surface area contributed by atoms with Gasteiger partial charge in [-0.25, -0.2) is 0 Å². The summed E-state index contributed by atoms with van der Waals surface area (Å²) in [5, 5.41) is 0. The summed E-state index contributed by atoms with van der Waals surface area (Å²) in [6.07, 6.45) is 4.60. The van der Waals surface area contributed by atoms with Crippen molar-refractivity contribution >= 4 is 15.9 Å². The van der Waals surface area contributed by atoms with E-state index < -0.39 is 0 Å². The first-order valence-corrected chi connectivity index (χ1v) is 4.91. The maximum absolute atomic E-state index is 5.37. The third-order valence-electron chi connectivity index (χ3n) is 2.40. The van der Waals surface area contributed by atoms with E-state index in [1.165, 1.54) is 12.8 Å². The largest absolute Gasteiger partial charge is 0.352 e. The van der Waals surface area contributed by atoms with Crippen LogP contribution >= 0.6 is 15.9 Å². The zero-order valence-corrected chi connectivity index (χ0v) is 8.69. The molecular weight excluding hydrogens is 208 g/mol.